The van der Waals surface area contributed by atoms with Gasteiger partial charge in [-0.05, 0) is 31.2 Å². The first-order chi connectivity index (χ1) is 8.15. The van der Waals surface area contributed by atoms with E-state index in [2.05, 4.69) is 10.8 Å². The maximum Gasteiger partial charge on any atom is 0.319 e. The first kappa shape index (κ1) is 13.5. The normalized spacial score (nSPS) is 10.4. The minimum Gasteiger partial charge on any atom is -0.497 e. The van der Waals surface area contributed by atoms with Gasteiger partial charge in [-0.2, -0.15) is 0 Å². The summed E-state index contributed by atoms with van der Waals surface area (Å²) in [6, 6.07) is 7.94. The quantitative estimate of drug-likeness (QED) is 0.700. The van der Waals surface area contributed by atoms with E-state index in [-0.39, 0.29) is 5.97 Å². The molecule has 0 saturated heterocycles. The van der Waals surface area contributed by atoms with Gasteiger partial charge < -0.3 is 9.47 Å². The van der Waals surface area contributed by atoms with Crippen molar-refractivity contribution in [3.8, 4) is 5.75 Å². The van der Waals surface area contributed by atoms with Crippen molar-refractivity contribution in [2.45, 2.75) is 6.42 Å². The van der Waals surface area contributed by atoms with E-state index in [1.807, 2.05) is 30.1 Å². The largest absolute Gasteiger partial charge is 0.497 e. The van der Waals surface area contributed by atoms with Crippen LogP contribution < -0.4 is 4.74 Å². The first-order valence-electron chi connectivity index (χ1n) is 5.54. The van der Waals surface area contributed by atoms with Crippen LogP contribution in [0.5, 0.6) is 5.75 Å². The number of methoxy groups -OCH3 is 2. The molecule has 0 fully saturated rings. The Bertz CT molecular complexity index is 365. The minimum absolute atomic E-state index is 0.210. The summed E-state index contributed by atoms with van der Waals surface area (Å²) in [6.07, 6.45) is 0.880. The Morgan fingerprint density at radius 1 is 1.35 bits per heavy atom. The van der Waals surface area contributed by atoms with Gasteiger partial charge in [0.05, 0.1) is 20.8 Å². The van der Waals surface area contributed by atoms with Crippen molar-refractivity contribution >= 4 is 5.97 Å². The molecule has 94 valence electrons. The maximum absolute atomic E-state index is 11.1. The van der Waals surface area contributed by atoms with E-state index in [0.29, 0.717) is 6.54 Å². The molecule has 0 aliphatic rings. The smallest absolute Gasteiger partial charge is 0.319 e. The molecule has 0 aliphatic heterocycles. The number of rotatable bonds is 6. The third-order valence-electron chi connectivity index (χ3n) is 2.54. The van der Waals surface area contributed by atoms with Crippen molar-refractivity contribution in [1.82, 2.24) is 4.90 Å². The first-order valence-corrected chi connectivity index (χ1v) is 5.54. The fourth-order valence-electron chi connectivity index (χ4n) is 1.51. The second-order valence-electron chi connectivity index (χ2n) is 3.92. The van der Waals surface area contributed by atoms with Crippen molar-refractivity contribution in [3.63, 3.8) is 0 Å². The van der Waals surface area contributed by atoms with Gasteiger partial charge in [-0.15, -0.1) is 0 Å². The molecule has 0 aromatic heterocycles. The van der Waals surface area contributed by atoms with Crippen molar-refractivity contribution in [2.75, 3.05) is 34.4 Å². The standard InChI is InChI=1S/C13H19NO3/c1-14(10-13(15)17-3)8-7-11-5-4-6-12(9-11)16-2/h4-6,9H,7-8,10H2,1-3H3. The van der Waals surface area contributed by atoms with Gasteiger partial charge in [-0.1, -0.05) is 12.1 Å². The topological polar surface area (TPSA) is 38.8 Å². The van der Waals surface area contributed by atoms with E-state index in [1.165, 1.54) is 12.7 Å². The molecule has 4 nitrogen and oxygen atoms in total. The number of hydrogen-bond donors (Lipinski definition) is 0. The average molecular weight is 237 g/mol. The lowest BCUT2D eigenvalue weighted by molar-refractivity contribution is -0.141. The number of carbonyl (C=O) groups is 1. The van der Waals surface area contributed by atoms with Gasteiger partial charge in [0.1, 0.15) is 5.75 Å². The molecule has 0 atom stereocenters. The Kier molecular flexibility index (Phi) is 5.49. The Morgan fingerprint density at radius 2 is 2.12 bits per heavy atom. The molecule has 0 heterocycles. The molecule has 1 rings (SSSR count). The van der Waals surface area contributed by atoms with Crippen LogP contribution in [0.2, 0.25) is 0 Å². The summed E-state index contributed by atoms with van der Waals surface area (Å²) in [7, 11) is 4.96. The lowest BCUT2D eigenvalue weighted by Crippen LogP contribution is -2.28. The van der Waals surface area contributed by atoms with Crippen LogP contribution >= 0.6 is 0 Å². The second-order valence-corrected chi connectivity index (χ2v) is 3.92. The average Bonchev–Trinajstić information content (AvgIpc) is 2.36. The molecule has 0 N–H and O–H groups in total. The van der Waals surface area contributed by atoms with Crippen molar-refractivity contribution in [3.05, 3.63) is 29.8 Å². The summed E-state index contributed by atoms with van der Waals surface area (Å²) >= 11 is 0. The van der Waals surface area contributed by atoms with Crippen LogP contribution in [0.1, 0.15) is 5.56 Å². The van der Waals surface area contributed by atoms with Gasteiger partial charge in [0.25, 0.3) is 0 Å². The molecule has 17 heavy (non-hydrogen) atoms. The molecular weight excluding hydrogens is 218 g/mol. The summed E-state index contributed by atoms with van der Waals surface area (Å²) in [5, 5.41) is 0. The highest BCUT2D eigenvalue weighted by Crippen LogP contribution is 2.12. The van der Waals surface area contributed by atoms with Gasteiger partial charge in [-0.3, -0.25) is 9.69 Å². The van der Waals surface area contributed by atoms with Crippen molar-refractivity contribution in [1.29, 1.82) is 0 Å². The molecule has 1 aromatic carbocycles. The van der Waals surface area contributed by atoms with Gasteiger partial charge in [-0.25, -0.2) is 0 Å². The van der Waals surface area contributed by atoms with Crippen LogP contribution in [0.3, 0.4) is 0 Å². The summed E-state index contributed by atoms with van der Waals surface area (Å²) in [5.41, 5.74) is 1.20. The van der Waals surface area contributed by atoms with E-state index in [4.69, 9.17) is 4.74 Å². The fourth-order valence-corrected chi connectivity index (χ4v) is 1.51. The number of hydrogen-bond acceptors (Lipinski definition) is 4. The number of ether oxygens (including phenoxy) is 2. The molecule has 0 amide bonds. The van der Waals surface area contributed by atoms with Crippen molar-refractivity contribution < 1.29 is 14.3 Å². The lowest BCUT2D eigenvalue weighted by Gasteiger charge is -2.15. The van der Waals surface area contributed by atoms with E-state index in [0.717, 1.165) is 18.7 Å². The van der Waals surface area contributed by atoms with Gasteiger partial charge in [0, 0.05) is 6.54 Å². The third kappa shape index (κ3) is 4.87. The van der Waals surface area contributed by atoms with Crippen LogP contribution in [0.4, 0.5) is 0 Å². The molecule has 1 aromatic rings. The van der Waals surface area contributed by atoms with Crippen LogP contribution in [-0.2, 0) is 16.0 Å². The predicted octanol–water partition coefficient (Wildman–Crippen LogP) is 1.34. The van der Waals surface area contributed by atoms with Crippen LogP contribution in [0.25, 0.3) is 0 Å². The van der Waals surface area contributed by atoms with Crippen LogP contribution in [-0.4, -0.2) is 45.2 Å². The van der Waals surface area contributed by atoms with Crippen LogP contribution in [0.15, 0.2) is 24.3 Å². The van der Waals surface area contributed by atoms with E-state index >= 15 is 0 Å². The highest BCUT2D eigenvalue weighted by molar-refractivity contribution is 5.71. The maximum atomic E-state index is 11.1. The number of esters is 1. The molecule has 0 bridgehead atoms. The molecule has 4 heteroatoms. The highest BCUT2D eigenvalue weighted by Gasteiger charge is 2.06. The highest BCUT2D eigenvalue weighted by atomic mass is 16.5. The Labute approximate surface area is 102 Å². The van der Waals surface area contributed by atoms with E-state index in [1.54, 1.807) is 7.11 Å². The van der Waals surface area contributed by atoms with E-state index < -0.39 is 0 Å². The zero-order valence-corrected chi connectivity index (χ0v) is 10.6. The van der Waals surface area contributed by atoms with Gasteiger partial charge in [0.15, 0.2) is 0 Å². The Balaban J connectivity index is 2.41. The van der Waals surface area contributed by atoms with Gasteiger partial charge in [0.2, 0.25) is 0 Å². The van der Waals surface area contributed by atoms with Crippen molar-refractivity contribution in [2.24, 2.45) is 0 Å². The zero-order valence-electron chi connectivity index (χ0n) is 10.6. The van der Waals surface area contributed by atoms with E-state index in [9.17, 15) is 4.79 Å². The predicted molar refractivity (Wildman–Crippen MR) is 66.2 cm³/mol. The zero-order chi connectivity index (χ0) is 12.7. The lowest BCUT2D eigenvalue weighted by atomic mass is 10.1. The molecule has 0 unspecified atom stereocenters. The van der Waals surface area contributed by atoms with Crippen LogP contribution in [0, 0.1) is 0 Å². The third-order valence-corrected chi connectivity index (χ3v) is 2.54. The summed E-state index contributed by atoms with van der Waals surface area (Å²) in [4.78, 5) is 13.0. The fraction of sp³-hybridized carbons (Fsp3) is 0.462. The molecular formula is C13H19NO3. The number of likely N-dealkylation sites (N-methyl/N-ethyl adjacent to an activating group) is 1. The molecule has 0 aliphatic carbocycles. The molecule has 0 spiro atoms. The second kappa shape index (κ2) is 6.91. The Hall–Kier alpha value is -1.55. The number of nitrogens with zero attached hydrogens (tertiary/aromatic N) is 1. The molecule has 0 radical (unpaired) electrons. The number of carbonyl (C=O) groups excluding carboxylic acids is 1. The minimum atomic E-state index is -0.210. The SMILES string of the molecule is COC(=O)CN(C)CCc1cccc(OC)c1. The summed E-state index contributed by atoms with van der Waals surface area (Å²) in [5.74, 6) is 0.649. The Morgan fingerprint density at radius 3 is 2.76 bits per heavy atom. The van der Waals surface area contributed by atoms with Gasteiger partial charge >= 0.3 is 5.97 Å². The summed E-state index contributed by atoms with van der Waals surface area (Å²) < 4.78 is 9.76. The molecule has 0 saturated carbocycles. The summed E-state index contributed by atoms with van der Waals surface area (Å²) in [6.45, 7) is 1.13. The monoisotopic (exact) mass is 237 g/mol. The number of benzene rings is 1.